The molecule has 3 aromatic heterocycles. The van der Waals surface area contributed by atoms with Crippen LogP contribution in [0, 0.1) is 5.41 Å². The van der Waals surface area contributed by atoms with Gasteiger partial charge < -0.3 is 9.09 Å². The summed E-state index contributed by atoms with van der Waals surface area (Å²) >= 11 is 0. The predicted molar refractivity (Wildman–Crippen MR) is 118 cm³/mol. The molecular weight excluding hydrogens is 386 g/mol. The molecule has 4 aromatic rings. The SMILES string of the molecule is C[C@@]12C=C(c3nc(-c4ccncc4)no3)n3c4c(c5ccccc53)CCN(CCC1)[C@H]42. The molecule has 31 heavy (non-hydrogen) atoms. The Balaban J connectivity index is 1.49. The smallest absolute Gasteiger partial charge is 0.274 e. The highest BCUT2D eigenvalue weighted by molar-refractivity contribution is 5.91. The number of hydrogen-bond acceptors (Lipinski definition) is 5. The first-order chi connectivity index (χ1) is 15.2. The number of para-hydroxylation sites is 1. The largest absolute Gasteiger partial charge is 0.332 e. The van der Waals surface area contributed by atoms with Gasteiger partial charge in [0.2, 0.25) is 5.82 Å². The van der Waals surface area contributed by atoms with E-state index in [2.05, 4.69) is 56.9 Å². The first-order valence-corrected chi connectivity index (χ1v) is 11.1. The van der Waals surface area contributed by atoms with Gasteiger partial charge in [-0.3, -0.25) is 9.88 Å². The van der Waals surface area contributed by atoms with Gasteiger partial charge >= 0.3 is 0 Å². The van der Waals surface area contributed by atoms with Crippen LogP contribution in [0.2, 0.25) is 0 Å². The standard InChI is InChI=1S/C25H23N5O/c1-25-10-4-13-29-14-9-18-17-5-2-3-6-19(17)30(21(18)22(25)29)20(15-25)24-27-23(28-31-24)16-7-11-26-12-8-16/h2-3,5-8,11-12,15,22H,4,9-10,13-14H2,1H3/t22-,25+/m1/s1. The van der Waals surface area contributed by atoms with Crippen molar-refractivity contribution in [2.45, 2.75) is 32.2 Å². The maximum absolute atomic E-state index is 5.86. The Morgan fingerprint density at radius 3 is 2.87 bits per heavy atom. The zero-order valence-electron chi connectivity index (χ0n) is 17.5. The van der Waals surface area contributed by atoms with Gasteiger partial charge in [0.15, 0.2) is 0 Å². The maximum atomic E-state index is 5.86. The number of hydrogen-bond donors (Lipinski definition) is 0. The average molecular weight is 409 g/mol. The zero-order chi connectivity index (χ0) is 20.6. The lowest BCUT2D eigenvalue weighted by Gasteiger charge is -2.52. The van der Waals surface area contributed by atoms with E-state index in [1.165, 1.54) is 41.5 Å². The van der Waals surface area contributed by atoms with Gasteiger partial charge in [-0.1, -0.05) is 30.3 Å². The molecule has 0 saturated carbocycles. The zero-order valence-corrected chi connectivity index (χ0v) is 17.5. The third kappa shape index (κ3) is 2.34. The van der Waals surface area contributed by atoms with Crippen molar-refractivity contribution < 1.29 is 4.52 Å². The van der Waals surface area contributed by atoms with E-state index < -0.39 is 0 Å². The van der Waals surface area contributed by atoms with Crippen molar-refractivity contribution in [1.29, 1.82) is 0 Å². The predicted octanol–water partition coefficient (Wildman–Crippen LogP) is 4.69. The summed E-state index contributed by atoms with van der Waals surface area (Å²) in [6, 6.07) is 13.0. The van der Waals surface area contributed by atoms with E-state index in [0.29, 0.717) is 17.8 Å². The number of nitrogens with zero attached hydrogens (tertiary/aromatic N) is 5. The Morgan fingerprint density at radius 2 is 1.97 bits per heavy atom. The second kappa shape index (κ2) is 6.14. The van der Waals surface area contributed by atoms with Crippen molar-refractivity contribution in [2.24, 2.45) is 5.41 Å². The van der Waals surface area contributed by atoms with Crippen molar-refractivity contribution in [2.75, 3.05) is 13.1 Å². The molecule has 0 radical (unpaired) electrons. The second-order valence-corrected chi connectivity index (χ2v) is 9.20. The molecule has 0 spiro atoms. The Kier molecular flexibility index (Phi) is 3.45. The van der Waals surface area contributed by atoms with Crippen LogP contribution >= 0.6 is 0 Å². The van der Waals surface area contributed by atoms with Crippen LogP contribution in [0.3, 0.4) is 0 Å². The Hall–Kier alpha value is -3.25. The van der Waals surface area contributed by atoms with Gasteiger partial charge in [-0.05, 0) is 55.6 Å². The topological polar surface area (TPSA) is 60.0 Å². The van der Waals surface area contributed by atoms with E-state index >= 15 is 0 Å². The first kappa shape index (κ1) is 17.4. The minimum Gasteiger partial charge on any atom is -0.332 e. The summed E-state index contributed by atoms with van der Waals surface area (Å²) in [7, 11) is 0. The number of piperidine rings is 1. The van der Waals surface area contributed by atoms with Crippen molar-refractivity contribution in [1.82, 2.24) is 24.6 Å². The van der Waals surface area contributed by atoms with Gasteiger partial charge in [-0.2, -0.15) is 4.98 Å². The van der Waals surface area contributed by atoms with Crippen molar-refractivity contribution in [3.63, 3.8) is 0 Å². The molecule has 3 aliphatic rings. The molecule has 6 nitrogen and oxygen atoms in total. The molecule has 1 aromatic carbocycles. The minimum atomic E-state index is 0.0540. The summed E-state index contributed by atoms with van der Waals surface area (Å²) < 4.78 is 8.26. The fourth-order valence-corrected chi connectivity index (χ4v) is 6.09. The van der Waals surface area contributed by atoms with E-state index in [-0.39, 0.29) is 5.41 Å². The van der Waals surface area contributed by atoms with Gasteiger partial charge in [0.05, 0.1) is 11.6 Å². The third-order valence-corrected chi connectivity index (χ3v) is 7.37. The van der Waals surface area contributed by atoms with Crippen LogP contribution in [0.15, 0.2) is 59.4 Å². The minimum absolute atomic E-state index is 0.0540. The Morgan fingerprint density at radius 1 is 1.10 bits per heavy atom. The normalized spacial score (nSPS) is 24.8. The van der Waals surface area contributed by atoms with Gasteiger partial charge in [-0.25, -0.2) is 0 Å². The molecule has 7 rings (SSSR count). The summed E-state index contributed by atoms with van der Waals surface area (Å²) in [5.41, 5.74) is 6.14. The first-order valence-electron chi connectivity index (χ1n) is 11.1. The fourth-order valence-electron chi connectivity index (χ4n) is 6.09. The summed E-state index contributed by atoms with van der Waals surface area (Å²) in [5, 5.41) is 5.65. The summed E-state index contributed by atoms with van der Waals surface area (Å²) in [5.74, 6) is 1.18. The van der Waals surface area contributed by atoms with E-state index in [0.717, 1.165) is 24.2 Å². The molecule has 0 N–H and O–H groups in total. The monoisotopic (exact) mass is 409 g/mol. The van der Waals surface area contributed by atoms with E-state index in [1.807, 2.05) is 12.1 Å². The molecular formula is C25H23N5O. The molecule has 0 aliphatic carbocycles. The maximum Gasteiger partial charge on any atom is 0.274 e. The van der Waals surface area contributed by atoms with Crippen LogP contribution in [-0.2, 0) is 6.42 Å². The number of benzene rings is 1. The molecule has 3 aliphatic heterocycles. The summed E-state index contributed by atoms with van der Waals surface area (Å²) in [6.07, 6.45) is 9.39. The van der Waals surface area contributed by atoms with Crippen molar-refractivity contribution >= 4 is 16.6 Å². The molecule has 0 amide bonds. The van der Waals surface area contributed by atoms with Gasteiger partial charge in [0, 0.05) is 41.0 Å². The van der Waals surface area contributed by atoms with Crippen molar-refractivity contribution in [3.8, 4) is 11.4 Å². The highest BCUT2D eigenvalue weighted by Gasteiger charge is 2.49. The fraction of sp³-hybridized carbons (Fsp3) is 0.320. The second-order valence-electron chi connectivity index (χ2n) is 9.20. The van der Waals surface area contributed by atoms with E-state index in [1.54, 1.807) is 12.4 Å². The Labute approximate surface area is 180 Å². The summed E-state index contributed by atoms with van der Waals surface area (Å²) in [4.78, 5) is 11.6. The molecule has 1 fully saturated rings. The molecule has 0 unspecified atom stereocenters. The number of fused-ring (bicyclic) bond motifs is 3. The Bertz CT molecular complexity index is 1350. The highest BCUT2D eigenvalue weighted by Crippen LogP contribution is 2.55. The molecule has 2 atom stereocenters. The van der Waals surface area contributed by atoms with Crippen LogP contribution in [0.1, 0.15) is 43.0 Å². The molecule has 6 heterocycles. The lowest BCUT2D eigenvalue weighted by Crippen LogP contribution is -2.49. The van der Waals surface area contributed by atoms with Gasteiger partial charge in [-0.15, -0.1) is 0 Å². The van der Waals surface area contributed by atoms with Crippen LogP contribution in [0.5, 0.6) is 0 Å². The molecule has 1 saturated heterocycles. The number of pyridine rings is 1. The quantitative estimate of drug-likeness (QED) is 0.481. The molecule has 6 heteroatoms. The van der Waals surface area contributed by atoms with Gasteiger partial charge in [0.1, 0.15) is 5.70 Å². The number of aromatic nitrogens is 4. The van der Waals surface area contributed by atoms with Gasteiger partial charge in [0.25, 0.3) is 5.89 Å². The van der Waals surface area contributed by atoms with E-state index in [9.17, 15) is 0 Å². The lowest BCUT2D eigenvalue weighted by molar-refractivity contribution is 0.0409. The molecule has 154 valence electrons. The van der Waals surface area contributed by atoms with Crippen LogP contribution in [0.25, 0.3) is 28.0 Å². The van der Waals surface area contributed by atoms with E-state index in [4.69, 9.17) is 9.51 Å². The third-order valence-electron chi connectivity index (χ3n) is 7.37. The molecule has 0 bridgehead atoms. The van der Waals surface area contributed by atoms with Crippen LogP contribution < -0.4 is 0 Å². The number of rotatable bonds is 2. The van der Waals surface area contributed by atoms with Crippen molar-refractivity contribution in [3.05, 3.63) is 72.0 Å². The summed E-state index contributed by atoms with van der Waals surface area (Å²) in [6.45, 7) is 4.72. The van der Waals surface area contributed by atoms with Crippen LogP contribution in [0.4, 0.5) is 0 Å². The highest BCUT2D eigenvalue weighted by atomic mass is 16.5. The lowest BCUT2D eigenvalue weighted by atomic mass is 9.69. The van der Waals surface area contributed by atoms with Crippen LogP contribution in [-0.4, -0.2) is 37.7 Å². The average Bonchev–Trinajstić information content (AvgIpc) is 3.42.